The van der Waals surface area contributed by atoms with Crippen LogP contribution < -0.4 is 9.64 Å². The van der Waals surface area contributed by atoms with Crippen molar-refractivity contribution in [3.8, 4) is 5.75 Å². The maximum atomic E-state index is 13.9. The number of rotatable bonds is 4. The molecule has 1 atom stereocenters. The van der Waals surface area contributed by atoms with Gasteiger partial charge in [-0.25, -0.2) is 4.39 Å². The SMILES string of the molecule is COc1cc(N2CCOC(c3ccc(C(F)(F)F)cc3)C2)c([N+](=O)[O-])cc1F. The average Bonchev–Trinajstić information content (AvgIpc) is 2.67. The quantitative estimate of drug-likeness (QED) is 0.434. The van der Waals surface area contributed by atoms with Crippen molar-refractivity contribution in [2.24, 2.45) is 0 Å². The molecule has 0 aliphatic carbocycles. The van der Waals surface area contributed by atoms with Crippen LogP contribution >= 0.6 is 0 Å². The van der Waals surface area contributed by atoms with Gasteiger partial charge in [0.05, 0.1) is 30.3 Å². The third-order valence-corrected chi connectivity index (χ3v) is 4.46. The fourth-order valence-electron chi connectivity index (χ4n) is 3.04. The van der Waals surface area contributed by atoms with Crippen LogP contribution in [0.3, 0.4) is 0 Å². The largest absolute Gasteiger partial charge is 0.494 e. The third kappa shape index (κ3) is 4.01. The lowest BCUT2D eigenvalue weighted by molar-refractivity contribution is -0.384. The summed E-state index contributed by atoms with van der Waals surface area (Å²) in [5.74, 6) is -0.997. The summed E-state index contributed by atoms with van der Waals surface area (Å²) in [5, 5.41) is 11.3. The molecule has 1 heterocycles. The van der Waals surface area contributed by atoms with E-state index in [1.165, 1.54) is 25.3 Å². The summed E-state index contributed by atoms with van der Waals surface area (Å²) in [6.07, 6.45) is -5.03. The highest BCUT2D eigenvalue weighted by Gasteiger charge is 2.32. The van der Waals surface area contributed by atoms with E-state index in [1.807, 2.05) is 0 Å². The van der Waals surface area contributed by atoms with Gasteiger partial charge >= 0.3 is 6.18 Å². The van der Waals surface area contributed by atoms with Crippen molar-refractivity contribution in [2.75, 3.05) is 31.7 Å². The molecule has 0 saturated carbocycles. The second-order valence-electron chi connectivity index (χ2n) is 6.16. The normalized spacial score (nSPS) is 17.5. The van der Waals surface area contributed by atoms with Crippen molar-refractivity contribution in [3.05, 3.63) is 63.5 Å². The first-order valence-corrected chi connectivity index (χ1v) is 8.26. The van der Waals surface area contributed by atoms with Crippen molar-refractivity contribution >= 4 is 11.4 Å². The maximum absolute atomic E-state index is 13.9. The van der Waals surface area contributed by atoms with Crippen molar-refractivity contribution in [2.45, 2.75) is 12.3 Å². The lowest BCUT2D eigenvalue weighted by Crippen LogP contribution is -2.38. The number of nitro groups is 1. The number of anilines is 1. The molecule has 10 heteroatoms. The predicted octanol–water partition coefficient (Wildman–Crippen LogP) is 4.34. The van der Waals surface area contributed by atoms with Gasteiger partial charge in [-0.2, -0.15) is 13.2 Å². The molecule has 1 saturated heterocycles. The molecule has 1 unspecified atom stereocenters. The molecule has 0 spiro atoms. The van der Waals surface area contributed by atoms with Gasteiger partial charge in [-0.15, -0.1) is 0 Å². The van der Waals surface area contributed by atoms with Crippen LogP contribution in [-0.4, -0.2) is 31.7 Å². The number of hydrogen-bond acceptors (Lipinski definition) is 5. The highest BCUT2D eigenvalue weighted by Crippen LogP contribution is 2.37. The summed E-state index contributed by atoms with van der Waals surface area (Å²) in [4.78, 5) is 12.3. The van der Waals surface area contributed by atoms with Crippen LogP contribution in [0.15, 0.2) is 36.4 Å². The molecule has 0 radical (unpaired) electrons. The summed E-state index contributed by atoms with van der Waals surface area (Å²) in [5.41, 5.74) is -0.535. The second kappa shape index (κ2) is 7.63. The van der Waals surface area contributed by atoms with Crippen LogP contribution in [0.25, 0.3) is 0 Å². The van der Waals surface area contributed by atoms with Crippen molar-refractivity contribution in [3.63, 3.8) is 0 Å². The first-order valence-electron chi connectivity index (χ1n) is 8.26. The summed E-state index contributed by atoms with van der Waals surface area (Å²) in [6, 6.07) is 6.58. The zero-order valence-corrected chi connectivity index (χ0v) is 14.7. The van der Waals surface area contributed by atoms with Gasteiger partial charge in [0.2, 0.25) is 0 Å². The zero-order valence-electron chi connectivity index (χ0n) is 14.7. The minimum atomic E-state index is -4.44. The second-order valence-corrected chi connectivity index (χ2v) is 6.16. The molecule has 2 aromatic carbocycles. The minimum absolute atomic E-state index is 0.141. The molecule has 2 aromatic rings. The van der Waals surface area contributed by atoms with Crippen LogP contribution in [0, 0.1) is 15.9 Å². The van der Waals surface area contributed by atoms with E-state index in [0.29, 0.717) is 12.1 Å². The number of morpholine rings is 1. The molecule has 0 aromatic heterocycles. The summed E-state index contributed by atoms with van der Waals surface area (Å²) >= 11 is 0. The first kappa shape index (κ1) is 19.9. The lowest BCUT2D eigenvalue weighted by Gasteiger charge is -2.34. The Kier molecular flexibility index (Phi) is 5.41. The highest BCUT2D eigenvalue weighted by atomic mass is 19.4. The van der Waals surface area contributed by atoms with Crippen LogP contribution in [0.2, 0.25) is 0 Å². The van der Waals surface area contributed by atoms with E-state index in [1.54, 1.807) is 4.90 Å². The Morgan fingerprint density at radius 3 is 2.50 bits per heavy atom. The van der Waals surface area contributed by atoms with Gasteiger partial charge in [-0.05, 0) is 17.7 Å². The molecule has 1 aliphatic heterocycles. The van der Waals surface area contributed by atoms with E-state index in [0.717, 1.165) is 18.2 Å². The monoisotopic (exact) mass is 400 g/mol. The first-order chi connectivity index (χ1) is 13.2. The minimum Gasteiger partial charge on any atom is -0.494 e. The topological polar surface area (TPSA) is 64.8 Å². The molecule has 6 nitrogen and oxygen atoms in total. The Morgan fingerprint density at radius 2 is 1.93 bits per heavy atom. The number of ether oxygens (including phenoxy) is 2. The molecule has 1 aliphatic rings. The smallest absolute Gasteiger partial charge is 0.416 e. The predicted molar refractivity (Wildman–Crippen MR) is 92.0 cm³/mol. The van der Waals surface area contributed by atoms with Crippen LogP contribution in [-0.2, 0) is 10.9 Å². The van der Waals surface area contributed by atoms with Crippen LogP contribution in [0.1, 0.15) is 17.2 Å². The maximum Gasteiger partial charge on any atom is 0.416 e. The molecule has 1 fully saturated rings. The molecule has 0 N–H and O–H groups in total. The van der Waals surface area contributed by atoms with Crippen molar-refractivity contribution in [1.29, 1.82) is 0 Å². The van der Waals surface area contributed by atoms with Crippen LogP contribution in [0.5, 0.6) is 5.75 Å². The zero-order chi connectivity index (χ0) is 20.5. The van der Waals surface area contributed by atoms with E-state index >= 15 is 0 Å². The number of alkyl halides is 3. The molecular weight excluding hydrogens is 384 g/mol. The fraction of sp³-hybridized carbons (Fsp3) is 0.333. The summed E-state index contributed by atoms with van der Waals surface area (Å²) < 4.78 is 62.6. The number of nitro benzene ring substituents is 1. The van der Waals surface area contributed by atoms with E-state index in [2.05, 4.69) is 0 Å². The van der Waals surface area contributed by atoms with Gasteiger partial charge < -0.3 is 14.4 Å². The highest BCUT2D eigenvalue weighted by molar-refractivity contribution is 5.66. The summed E-state index contributed by atoms with van der Waals surface area (Å²) in [6.45, 7) is 0.649. The van der Waals surface area contributed by atoms with E-state index in [-0.39, 0.29) is 24.6 Å². The average molecular weight is 400 g/mol. The molecule has 3 rings (SSSR count). The number of methoxy groups -OCH3 is 1. The molecule has 28 heavy (non-hydrogen) atoms. The Labute approximate surface area is 157 Å². The van der Waals surface area contributed by atoms with Gasteiger partial charge in [0.15, 0.2) is 11.6 Å². The fourth-order valence-corrected chi connectivity index (χ4v) is 3.04. The van der Waals surface area contributed by atoms with Gasteiger partial charge in [0.1, 0.15) is 11.8 Å². The van der Waals surface area contributed by atoms with Gasteiger partial charge in [-0.1, -0.05) is 12.1 Å². The number of hydrogen-bond donors (Lipinski definition) is 0. The van der Waals surface area contributed by atoms with Gasteiger partial charge in [0, 0.05) is 19.2 Å². The van der Waals surface area contributed by atoms with Crippen molar-refractivity contribution < 1.29 is 32.0 Å². The van der Waals surface area contributed by atoms with E-state index in [4.69, 9.17) is 9.47 Å². The lowest BCUT2D eigenvalue weighted by atomic mass is 10.0. The Bertz CT molecular complexity index is 871. The molecular formula is C18H16F4N2O4. The van der Waals surface area contributed by atoms with Crippen LogP contribution in [0.4, 0.5) is 28.9 Å². The van der Waals surface area contributed by atoms with E-state index < -0.39 is 34.3 Å². The molecule has 0 amide bonds. The van der Waals surface area contributed by atoms with Gasteiger partial charge in [0.25, 0.3) is 5.69 Å². The number of nitrogens with zero attached hydrogens (tertiary/aromatic N) is 2. The summed E-state index contributed by atoms with van der Waals surface area (Å²) in [7, 11) is 1.25. The van der Waals surface area contributed by atoms with E-state index in [9.17, 15) is 27.7 Å². The Hall–Kier alpha value is -2.88. The third-order valence-electron chi connectivity index (χ3n) is 4.46. The van der Waals surface area contributed by atoms with Crippen molar-refractivity contribution in [1.82, 2.24) is 0 Å². The molecule has 150 valence electrons. The van der Waals surface area contributed by atoms with Gasteiger partial charge in [-0.3, -0.25) is 10.1 Å². The standard InChI is InChI=1S/C18H16F4N2O4/c1-27-16-9-14(15(24(25)26)8-13(16)19)23-6-7-28-17(10-23)11-2-4-12(5-3-11)18(20,21)22/h2-5,8-9,17H,6-7,10H2,1H3. The Morgan fingerprint density at radius 1 is 1.25 bits per heavy atom. The number of benzene rings is 2. The molecule has 0 bridgehead atoms. The Balaban J connectivity index is 1.88. The number of halogens is 4.